The lowest BCUT2D eigenvalue weighted by Crippen LogP contribution is -2.15. The van der Waals surface area contributed by atoms with Crippen LogP contribution in [-0.4, -0.2) is 20.8 Å². The smallest absolute Gasteiger partial charge is 0.158 e. The molecule has 0 aliphatic heterocycles. The third-order valence-corrected chi connectivity index (χ3v) is 4.41. The second-order valence-corrected chi connectivity index (χ2v) is 6.25. The average molecular weight is 272 g/mol. The quantitative estimate of drug-likeness (QED) is 0.914. The van der Waals surface area contributed by atoms with Crippen LogP contribution in [0.5, 0.6) is 0 Å². The van der Waals surface area contributed by atoms with Gasteiger partial charge >= 0.3 is 0 Å². The molecule has 1 fully saturated rings. The van der Waals surface area contributed by atoms with E-state index in [0.29, 0.717) is 12.1 Å². The molecule has 0 radical (unpaired) electrons. The number of rotatable bonds is 4. The molecule has 108 valence electrons. The summed E-state index contributed by atoms with van der Waals surface area (Å²) in [5.74, 6) is 0.896. The van der Waals surface area contributed by atoms with Crippen LogP contribution in [0.25, 0.3) is 11.0 Å². The van der Waals surface area contributed by atoms with Crippen LogP contribution in [0.4, 0.5) is 5.69 Å². The van der Waals surface area contributed by atoms with E-state index in [1.807, 2.05) is 17.1 Å². The molecule has 1 aliphatic carbocycles. The Morgan fingerprint density at radius 2 is 2.20 bits per heavy atom. The molecule has 0 aromatic carbocycles. The molecule has 20 heavy (non-hydrogen) atoms. The van der Waals surface area contributed by atoms with Crippen LogP contribution in [0.1, 0.15) is 52.5 Å². The highest BCUT2D eigenvalue weighted by molar-refractivity contribution is 5.78. The van der Waals surface area contributed by atoms with E-state index < -0.39 is 0 Å². The summed E-state index contributed by atoms with van der Waals surface area (Å²) >= 11 is 0. The van der Waals surface area contributed by atoms with Crippen molar-refractivity contribution in [2.45, 2.75) is 58.5 Å². The van der Waals surface area contributed by atoms with Crippen LogP contribution in [-0.2, 0) is 0 Å². The molecule has 1 saturated carbocycles. The number of hydrogen-bond donors (Lipinski definition) is 1. The van der Waals surface area contributed by atoms with Crippen molar-refractivity contribution in [3.05, 3.63) is 18.5 Å². The maximum atomic E-state index is 4.58. The van der Waals surface area contributed by atoms with E-state index in [1.54, 1.807) is 0 Å². The van der Waals surface area contributed by atoms with Crippen molar-refractivity contribution in [3.63, 3.8) is 0 Å². The Labute approximate surface area is 120 Å². The van der Waals surface area contributed by atoms with Crippen LogP contribution >= 0.6 is 0 Å². The van der Waals surface area contributed by atoms with Crippen LogP contribution in [0.2, 0.25) is 0 Å². The molecule has 0 amide bonds. The Hall–Kier alpha value is -1.58. The first-order chi connectivity index (χ1) is 9.67. The first kappa shape index (κ1) is 13.4. The number of pyridine rings is 1. The van der Waals surface area contributed by atoms with Gasteiger partial charge in [0.05, 0.1) is 18.1 Å². The SMILES string of the molecule is CCC1CCC(Nc2cnc3c(cnn3C(C)C)c2)C1. The summed E-state index contributed by atoms with van der Waals surface area (Å²) in [6, 6.07) is 3.13. The van der Waals surface area contributed by atoms with E-state index in [4.69, 9.17) is 0 Å². The Bertz CT molecular complexity index is 587. The number of nitrogens with one attached hydrogen (secondary N) is 1. The molecule has 2 aromatic rings. The van der Waals surface area contributed by atoms with Crippen molar-refractivity contribution in [1.82, 2.24) is 14.8 Å². The lowest BCUT2D eigenvalue weighted by molar-refractivity contribution is 0.525. The van der Waals surface area contributed by atoms with E-state index in [0.717, 1.165) is 22.6 Å². The van der Waals surface area contributed by atoms with E-state index in [2.05, 4.69) is 42.2 Å². The molecule has 0 saturated heterocycles. The van der Waals surface area contributed by atoms with Gasteiger partial charge in [-0.3, -0.25) is 0 Å². The van der Waals surface area contributed by atoms with Crippen molar-refractivity contribution >= 4 is 16.7 Å². The van der Waals surface area contributed by atoms with Crippen LogP contribution in [0.3, 0.4) is 0 Å². The molecule has 0 spiro atoms. The van der Waals surface area contributed by atoms with E-state index >= 15 is 0 Å². The predicted octanol–water partition coefficient (Wildman–Crippen LogP) is 4.00. The Morgan fingerprint density at radius 3 is 2.90 bits per heavy atom. The molecular weight excluding hydrogens is 248 g/mol. The summed E-state index contributed by atoms with van der Waals surface area (Å²) in [6.45, 7) is 6.55. The van der Waals surface area contributed by atoms with Gasteiger partial charge in [0, 0.05) is 17.5 Å². The number of anilines is 1. The van der Waals surface area contributed by atoms with Crippen LogP contribution in [0, 0.1) is 5.92 Å². The molecule has 1 aliphatic rings. The second-order valence-electron chi connectivity index (χ2n) is 6.25. The van der Waals surface area contributed by atoms with Crippen LogP contribution < -0.4 is 5.32 Å². The largest absolute Gasteiger partial charge is 0.381 e. The fourth-order valence-corrected chi connectivity index (χ4v) is 3.21. The molecule has 3 rings (SSSR count). The summed E-state index contributed by atoms with van der Waals surface area (Å²) < 4.78 is 1.97. The third-order valence-electron chi connectivity index (χ3n) is 4.41. The molecule has 4 heteroatoms. The van der Waals surface area contributed by atoms with Gasteiger partial charge in [0.25, 0.3) is 0 Å². The Balaban J connectivity index is 1.77. The van der Waals surface area contributed by atoms with Gasteiger partial charge in [-0.1, -0.05) is 13.3 Å². The van der Waals surface area contributed by atoms with E-state index in [1.165, 1.54) is 25.7 Å². The average Bonchev–Trinajstić information content (AvgIpc) is 3.04. The Morgan fingerprint density at radius 1 is 1.35 bits per heavy atom. The van der Waals surface area contributed by atoms with Crippen molar-refractivity contribution in [1.29, 1.82) is 0 Å². The van der Waals surface area contributed by atoms with Crippen molar-refractivity contribution < 1.29 is 0 Å². The molecule has 2 heterocycles. The third kappa shape index (κ3) is 2.51. The van der Waals surface area contributed by atoms with Crippen LogP contribution in [0.15, 0.2) is 18.5 Å². The molecule has 2 unspecified atom stereocenters. The highest BCUT2D eigenvalue weighted by Gasteiger charge is 2.23. The van der Waals surface area contributed by atoms with Crippen molar-refractivity contribution in [3.8, 4) is 0 Å². The molecule has 0 bridgehead atoms. The normalized spacial score (nSPS) is 22.8. The fourth-order valence-electron chi connectivity index (χ4n) is 3.21. The monoisotopic (exact) mass is 272 g/mol. The number of fused-ring (bicyclic) bond motifs is 1. The van der Waals surface area contributed by atoms with Gasteiger partial charge in [-0.05, 0) is 45.1 Å². The summed E-state index contributed by atoms with van der Waals surface area (Å²) in [4.78, 5) is 4.58. The van der Waals surface area contributed by atoms with Gasteiger partial charge in [0.2, 0.25) is 0 Å². The molecule has 4 nitrogen and oxygen atoms in total. The van der Waals surface area contributed by atoms with E-state index in [9.17, 15) is 0 Å². The first-order valence-electron chi connectivity index (χ1n) is 7.77. The topological polar surface area (TPSA) is 42.7 Å². The molecular formula is C16H24N4. The highest BCUT2D eigenvalue weighted by Crippen LogP contribution is 2.30. The summed E-state index contributed by atoms with van der Waals surface area (Å²) in [6.07, 6.45) is 9.09. The zero-order valence-corrected chi connectivity index (χ0v) is 12.6. The van der Waals surface area contributed by atoms with E-state index in [-0.39, 0.29) is 0 Å². The maximum Gasteiger partial charge on any atom is 0.158 e. The predicted molar refractivity (Wildman–Crippen MR) is 83.0 cm³/mol. The first-order valence-corrected chi connectivity index (χ1v) is 7.77. The van der Waals surface area contributed by atoms with Gasteiger partial charge in [0.15, 0.2) is 5.65 Å². The second kappa shape index (κ2) is 5.43. The summed E-state index contributed by atoms with van der Waals surface area (Å²) in [7, 11) is 0. The van der Waals surface area contributed by atoms with Gasteiger partial charge in [-0.15, -0.1) is 0 Å². The fraction of sp³-hybridized carbons (Fsp3) is 0.625. The molecule has 2 atom stereocenters. The van der Waals surface area contributed by atoms with Gasteiger partial charge in [-0.25, -0.2) is 9.67 Å². The summed E-state index contributed by atoms with van der Waals surface area (Å²) in [5.41, 5.74) is 2.10. The standard InChI is InChI=1S/C16H24N4/c1-4-12-5-6-14(7-12)19-15-8-13-9-18-20(11(2)3)16(13)17-10-15/h8-12,14,19H,4-7H2,1-3H3. The number of nitrogens with zero attached hydrogens (tertiary/aromatic N) is 3. The number of aromatic nitrogens is 3. The van der Waals surface area contributed by atoms with Crippen molar-refractivity contribution in [2.75, 3.05) is 5.32 Å². The zero-order valence-electron chi connectivity index (χ0n) is 12.6. The van der Waals surface area contributed by atoms with Gasteiger partial charge < -0.3 is 5.32 Å². The maximum absolute atomic E-state index is 4.58. The lowest BCUT2D eigenvalue weighted by atomic mass is 10.1. The van der Waals surface area contributed by atoms with Gasteiger partial charge in [-0.2, -0.15) is 5.10 Å². The highest BCUT2D eigenvalue weighted by atomic mass is 15.3. The minimum atomic E-state index is 0.346. The summed E-state index contributed by atoms with van der Waals surface area (Å²) in [5, 5.41) is 9.17. The molecule has 2 aromatic heterocycles. The van der Waals surface area contributed by atoms with Gasteiger partial charge in [0.1, 0.15) is 0 Å². The minimum absolute atomic E-state index is 0.346. The molecule has 1 N–H and O–H groups in total. The Kier molecular flexibility index (Phi) is 3.64. The lowest BCUT2D eigenvalue weighted by Gasteiger charge is -2.14. The zero-order chi connectivity index (χ0) is 14.1. The minimum Gasteiger partial charge on any atom is -0.381 e. The number of hydrogen-bond acceptors (Lipinski definition) is 3. The van der Waals surface area contributed by atoms with Crippen molar-refractivity contribution in [2.24, 2.45) is 5.92 Å².